The number of carbonyl (C=O) groups is 1. The van der Waals surface area contributed by atoms with Gasteiger partial charge in [0.1, 0.15) is 0 Å². The lowest BCUT2D eigenvalue weighted by Gasteiger charge is -2.04. The van der Waals surface area contributed by atoms with Crippen molar-refractivity contribution < 1.29 is 9.53 Å². The molecule has 0 saturated carbocycles. The van der Waals surface area contributed by atoms with E-state index in [1.54, 1.807) is 0 Å². The zero-order valence-corrected chi connectivity index (χ0v) is 20.6. The fraction of sp³-hybridized carbons (Fsp3) is 0.857. The number of esters is 1. The van der Waals surface area contributed by atoms with Crippen molar-refractivity contribution in [2.45, 2.75) is 106 Å². The van der Waals surface area contributed by atoms with Gasteiger partial charge in [0.05, 0.1) is 19.5 Å². The fourth-order valence-corrected chi connectivity index (χ4v) is 5.01. The maximum atomic E-state index is 10.9. The van der Waals surface area contributed by atoms with Gasteiger partial charge in [-0.05, 0) is 6.42 Å². The Hall–Kier alpha value is 0.387. The SMILES string of the molecule is C=CC(=O)OCCCCCCCCCCCCCCCCC[Si]C(Br)Br. The number of halogens is 2. The Labute approximate surface area is 181 Å². The number of ether oxygens (including phenoxy) is 1. The van der Waals surface area contributed by atoms with Crippen LogP contribution in [0.3, 0.4) is 0 Å². The van der Waals surface area contributed by atoms with Crippen molar-refractivity contribution in [1.82, 2.24) is 0 Å². The molecule has 2 radical (unpaired) electrons. The summed E-state index contributed by atoms with van der Waals surface area (Å²) < 4.78 is 5.50. The number of alkyl halides is 2. The molecule has 5 heteroatoms. The highest BCUT2D eigenvalue weighted by molar-refractivity contribution is 9.25. The van der Waals surface area contributed by atoms with Crippen LogP contribution < -0.4 is 0 Å². The lowest BCUT2D eigenvalue weighted by molar-refractivity contribution is -0.137. The Morgan fingerprint density at radius 2 is 1.15 bits per heavy atom. The first kappa shape index (κ1) is 26.4. The van der Waals surface area contributed by atoms with E-state index in [9.17, 15) is 4.79 Å². The van der Waals surface area contributed by atoms with Crippen molar-refractivity contribution in [3.8, 4) is 0 Å². The standard InChI is InChI=1S/C21H38Br2O2Si/c1-2-20(24)25-18-16-14-12-10-8-6-4-3-5-7-9-11-13-15-17-19-26-21(22)23/h2,21H,1,3-19H2. The highest BCUT2D eigenvalue weighted by Gasteiger charge is 1.99. The predicted octanol–water partition coefficient (Wildman–Crippen LogP) is 7.76. The third-order valence-corrected chi connectivity index (χ3v) is 7.42. The van der Waals surface area contributed by atoms with Crippen molar-refractivity contribution >= 4 is 47.3 Å². The molecular weight excluding hydrogens is 472 g/mol. The molecule has 0 saturated heterocycles. The van der Waals surface area contributed by atoms with Gasteiger partial charge in [-0.2, -0.15) is 0 Å². The van der Waals surface area contributed by atoms with E-state index < -0.39 is 0 Å². The molecule has 0 bridgehead atoms. The highest BCUT2D eigenvalue weighted by atomic mass is 79.9. The summed E-state index contributed by atoms with van der Waals surface area (Å²) in [5.74, 6) is -0.302. The van der Waals surface area contributed by atoms with Crippen LogP contribution in [0.4, 0.5) is 0 Å². The molecule has 0 N–H and O–H groups in total. The van der Waals surface area contributed by atoms with Crippen molar-refractivity contribution in [1.29, 1.82) is 0 Å². The summed E-state index contributed by atoms with van der Waals surface area (Å²) in [6.07, 6.45) is 21.4. The zero-order valence-electron chi connectivity index (χ0n) is 16.5. The zero-order chi connectivity index (χ0) is 19.3. The summed E-state index contributed by atoms with van der Waals surface area (Å²) >= 11 is 7.09. The Kier molecular flexibility index (Phi) is 22.0. The predicted molar refractivity (Wildman–Crippen MR) is 123 cm³/mol. The van der Waals surface area contributed by atoms with Gasteiger partial charge in [-0.3, -0.25) is 0 Å². The van der Waals surface area contributed by atoms with Gasteiger partial charge in [0.2, 0.25) is 0 Å². The van der Waals surface area contributed by atoms with Gasteiger partial charge in [-0.1, -0.05) is 134 Å². The monoisotopic (exact) mass is 508 g/mol. The van der Waals surface area contributed by atoms with Crippen LogP contribution in [0.15, 0.2) is 12.7 Å². The van der Waals surface area contributed by atoms with Crippen LogP contribution in [0.2, 0.25) is 6.04 Å². The molecule has 0 spiro atoms. The van der Waals surface area contributed by atoms with Gasteiger partial charge in [0.15, 0.2) is 0 Å². The number of hydrogen-bond donors (Lipinski definition) is 0. The third kappa shape index (κ3) is 22.4. The average molecular weight is 510 g/mol. The van der Waals surface area contributed by atoms with Crippen molar-refractivity contribution in [2.24, 2.45) is 0 Å². The molecule has 26 heavy (non-hydrogen) atoms. The molecule has 0 amide bonds. The smallest absolute Gasteiger partial charge is 0.330 e. The van der Waals surface area contributed by atoms with Gasteiger partial charge >= 0.3 is 5.97 Å². The molecular formula is C21H38Br2O2Si. The Balaban J connectivity index is 3.03. The molecule has 0 aliphatic heterocycles. The van der Waals surface area contributed by atoms with E-state index in [2.05, 4.69) is 38.4 Å². The molecule has 0 atom stereocenters. The number of carbonyl (C=O) groups excluding carboxylic acids is 1. The number of rotatable bonds is 20. The van der Waals surface area contributed by atoms with E-state index in [-0.39, 0.29) is 5.97 Å². The largest absolute Gasteiger partial charge is 0.463 e. The Bertz CT molecular complexity index is 325. The minimum Gasteiger partial charge on any atom is -0.463 e. The fourth-order valence-electron chi connectivity index (χ4n) is 2.97. The summed E-state index contributed by atoms with van der Waals surface area (Å²) in [6.45, 7) is 3.93. The summed E-state index contributed by atoms with van der Waals surface area (Å²) in [6, 6.07) is 1.37. The molecule has 152 valence electrons. The summed E-state index contributed by atoms with van der Waals surface area (Å²) in [4.78, 5) is 10.9. The van der Waals surface area contributed by atoms with Gasteiger partial charge in [-0.15, -0.1) is 0 Å². The Morgan fingerprint density at radius 1 is 0.769 bits per heavy atom. The molecule has 0 aromatic carbocycles. The quantitative estimate of drug-likeness (QED) is 0.0550. The van der Waals surface area contributed by atoms with E-state index in [1.807, 2.05) is 0 Å². The number of hydrogen-bond acceptors (Lipinski definition) is 2. The van der Waals surface area contributed by atoms with Gasteiger partial charge in [0.25, 0.3) is 0 Å². The van der Waals surface area contributed by atoms with E-state index in [0.29, 0.717) is 9.97 Å². The molecule has 0 unspecified atom stereocenters. The van der Waals surface area contributed by atoms with Gasteiger partial charge < -0.3 is 4.74 Å². The minimum absolute atomic E-state index is 0.302. The molecule has 0 aromatic rings. The molecule has 0 aromatic heterocycles. The van der Waals surface area contributed by atoms with Gasteiger partial charge in [-0.25, -0.2) is 4.79 Å². The van der Waals surface area contributed by atoms with E-state index in [0.717, 1.165) is 22.4 Å². The summed E-state index contributed by atoms with van der Waals surface area (Å²) in [5, 5.41) is 0. The molecule has 0 heterocycles. The maximum Gasteiger partial charge on any atom is 0.330 e. The van der Waals surface area contributed by atoms with Crippen LogP contribution in [-0.4, -0.2) is 25.5 Å². The lowest BCUT2D eigenvalue weighted by Crippen LogP contribution is -2.01. The normalized spacial score (nSPS) is 11.0. The third-order valence-electron chi connectivity index (χ3n) is 4.53. The van der Waals surface area contributed by atoms with Crippen LogP contribution in [0.5, 0.6) is 0 Å². The first-order chi connectivity index (χ1) is 12.7. The van der Waals surface area contributed by atoms with Crippen molar-refractivity contribution in [3.63, 3.8) is 0 Å². The molecule has 0 aliphatic rings. The second-order valence-corrected chi connectivity index (χ2v) is 13.2. The van der Waals surface area contributed by atoms with Crippen LogP contribution in [0, 0.1) is 0 Å². The van der Waals surface area contributed by atoms with E-state index in [1.165, 1.54) is 95.6 Å². The van der Waals surface area contributed by atoms with Crippen LogP contribution in [0.25, 0.3) is 0 Å². The minimum atomic E-state index is -0.302. The van der Waals surface area contributed by atoms with Gasteiger partial charge in [0, 0.05) is 6.08 Å². The highest BCUT2D eigenvalue weighted by Crippen LogP contribution is 2.15. The molecule has 0 aliphatic carbocycles. The maximum absolute atomic E-state index is 10.9. The molecule has 0 rings (SSSR count). The second kappa shape index (κ2) is 21.7. The Morgan fingerprint density at radius 3 is 1.54 bits per heavy atom. The molecule has 0 fully saturated rings. The molecule has 2 nitrogen and oxygen atoms in total. The van der Waals surface area contributed by atoms with Crippen LogP contribution in [-0.2, 0) is 9.53 Å². The average Bonchev–Trinajstić information content (AvgIpc) is 2.63. The summed E-state index contributed by atoms with van der Waals surface area (Å²) in [7, 11) is 1.01. The number of unbranched alkanes of at least 4 members (excludes halogenated alkanes) is 14. The van der Waals surface area contributed by atoms with Crippen LogP contribution in [0.1, 0.15) is 96.3 Å². The summed E-state index contributed by atoms with van der Waals surface area (Å²) in [5.41, 5.74) is 0. The second-order valence-electron chi connectivity index (χ2n) is 6.93. The van der Waals surface area contributed by atoms with Crippen molar-refractivity contribution in [2.75, 3.05) is 6.61 Å². The van der Waals surface area contributed by atoms with E-state index in [4.69, 9.17) is 4.74 Å². The first-order valence-corrected chi connectivity index (χ1v) is 13.6. The van der Waals surface area contributed by atoms with Crippen molar-refractivity contribution in [3.05, 3.63) is 12.7 Å². The first-order valence-electron chi connectivity index (χ1n) is 10.5. The van der Waals surface area contributed by atoms with E-state index >= 15 is 0 Å². The topological polar surface area (TPSA) is 26.3 Å². The van der Waals surface area contributed by atoms with Crippen LogP contribution >= 0.6 is 31.9 Å². The lowest BCUT2D eigenvalue weighted by atomic mass is 10.0.